The van der Waals surface area contributed by atoms with Crippen molar-refractivity contribution >= 4 is 5.91 Å². The number of carbonyl (C=O) groups excluding carboxylic acids is 1. The predicted octanol–water partition coefficient (Wildman–Crippen LogP) is 3.23. The Morgan fingerprint density at radius 1 is 1.33 bits per heavy atom. The van der Waals surface area contributed by atoms with Crippen molar-refractivity contribution < 1.29 is 22.4 Å². The Bertz CT molecular complexity index is 1030. The average Bonchev–Trinajstić information content (AvgIpc) is 3.43. The van der Waals surface area contributed by atoms with Gasteiger partial charge in [0.15, 0.2) is 11.2 Å². The summed E-state index contributed by atoms with van der Waals surface area (Å²) in [7, 11) is 0. The number of nitrogens with zero attached hydrogens (tertiary/aromatic N) is 2. The molecule has 10 heteroatoms. The Balaban J connectivity index is 1.60. The van der Waals surface area contributed by atoms with Crippen molar-refractivity contribution in [3.8, 4) is 17.2 Å². The molecule has 2 fully saturated rings. The van der Waals surface area contributed by atoms with Gasteiger partial charge in [-0.15, -0.1) is 0 Å². The van der Waals surface area contributed by atoms with Gasteiger partial charge in [-0.05, 0) is 43.7 Å². The largest absolute Gasteiger partial charge is 0.435 e. The lowest BCUT2D eigenvalue weighted by molar-refractivity contribution is -0.140. The Morgan fingerprint density at radius 2 is 2.10 bits per heavy atom. The quantitative estimate of drug-likeness (QED) is 0.661. The molecule has 1 saturated heterocycles. The standard InChI is InChI=1S/C20H19F4N5O/c1-19(9-25,28-18(30)16-11-2-4-12(6-11)27-16)14-5-3-10(7-15(14)21)13-8-26-29-17(13)20(22,23)24/h3,5,7-8,11-12,16,27H,2,4,6H2,1H3,(H,26,29)(H,28,30)/t11?,12?,16-,19?/m0/s1. The van der Waals surface area contributed by atoms with E-state index in [2.05, 4.69) is 20.8 Å². The molecular weight excluding hydrogens is 402 g/mol. The Hall–Kier alpha value is -2.93. The van der Waals surface area contributed by atoms with E-state index in [0.29, 0.717) is 0 Å². The van der Waals surface area contributed by atoms with Crippen LogP contribution in [0.25, 0.3) is 11.1 Å². The number of alkyl halides is 3. The fourth-order valence-electron chi connectivity index (χ4n) is 4.44. The van der Waals surface area contributed by atoms with Crippen LogP contribution in [0.15, 0.2) is 24.4 Å². The van der Waals surface area contributed by atoms with Crippen LogP contribution in [0.1, 0.15) is 37.4 Å². The molecule has 0 radical (unpaired) electrons. The second-order valence-corrected chi connectivity index (χ2v) is 7.98. The second-order valence-electron chi connectivity index (χ2n) is 7.98. The number of hydrogen-bond donors (Lipinski definition) is 3. The summed E-state index contributed by atoms with van der Waals surface area (Å²) in [4.78, 5) is 12.7. The van der Waals surface area contributed by atoms with Crippen molar-refractivity contribution in [2.24, 2.45) is 5.92 Å². The van der Waals surface area contributed by atoms with Crippen molar-refractivity contribution in [2.45, 2.75) is 50.0 Å². The zero-order chi connectivity index (χ0) is 21.7. The molecule has 0 spiro atoms. The molecule has 1 aromatic carbocycles. The van der Waals surface area contributed by atoms with Crippen LogP contribution in [-0.2, 0) is 16.5 Å². The highest BCUT2D eigenvalue weighted by Gasteiger charge is 2.45. The van der Waals surface area contributed by atoms with E-state index in [1.165, 1.54) is 19.1 Å². The van der Waals surface area contributed by atoms with Gasteiger partial charge in [0.2, 0.25) is 5.91 Å². The first-order valence-electron chi connectivity index (χ1n) is 9.53. The molecule has 3 N–H and O–H groups in total. The minimum atomic E-state index is -4.70. The van der Waals surface area contributed by atoms with Gasteiger partial charge in [-0.3, -0.25) is 9.89 Å². The summed E-state index contributed by atoms with van der Waals surface area (Å²) in [6.07, 6.45) is -0.838. The Labute approximate surface area is 169 Å². The molecule has 4 atom stereocenters. The first-order chi connectivity index (χ1) is 14.1. The van der Waals surface area contributed by atoms with Crippen LogP contribution in [0, 0.1) is 23.1 Å². The van der Waals surface area contributed by atoms with Crippen LogP contribution in [0.4, 0.5) is 17.6 Å². The lowest BCUT2D eigenvalue weighted by Gasteiger charge is -2.29. The fourth-order valence-corrected chi connectivity index (χ4v) is 4.44. The maximum Gasteiger partial charge on any atom is 0.435 e. The third-order valence-corrected chi connectivity index (χ3v) is 5.97. The van der Waals surface area contributed by atoms with Gasteiger partial charge in [-0.1, -0.05) is 12.1 Å². The smallest absolute Gasteiger partial charge is 0.333 e. The number of fused-ring (bicyclic) bond motifs is 2. The molecule has 1 aliphatic heterocycles. The molecule has 1 aromatic heterocycles. The summed E-state index contributed by atoms with van der Waals surface area (Å²) >= 11 is 0. The molecule has 158 valence electrons. The molecule has 1 amide bonds. The first-order valence-corrected chi connectivity index (χ1v) is 9.53. The van der Waals surface area contributed by atoms with E-state index in [4.69, 9.17) is 0 Å². The van der Waals surface area contributed by atoms with E-state index in [-0.39, 0.29) is 34.6 Å². The van der Waals surface area contributed by atoms with E-state index >= 15 is 0 Å². The molecule has 4 rings (SSSR count). The molecule has 2 heterocycles. The fraction of sp³-hybridized carbons (Fsp3) is 0.450. The number of piperidine rings is 1. The number of H-pyrrole nitrogens is 1. The highest BCUT2D eigenvalue weighted by molar-refractivity contribution is 5.84. The van der Waals surface area contributed by atoms with E-state index < -0.39 is 29.3 Å². The van der Waals surface area contributed by atoms with Crippen molar-refractivity contribution in [2.75, 3.05) is 0 Å². The Kier molecular flexibility index (Phi) is 4.81. The maximum atomic E-state index is 14.9. The molecule has 3 unspecified atom stereocenters. The molecule has 1 saturated carbocycles. The van der Waals surface area contributed by atoms with Crippen molar-refractivity contribution in [3.05, 3.63) is 41.5 Å². The minimum Gasteiger partial charge on any atom is -0.333 e. The van der Waals surface area contributed by atoms with Gasteiger partial charge >= 0.3 is 6.18 Å². The monoisotopic (exact) mass is 421 g/mol. The van der Waals surface area contributed by atoms with Crippen LogP contribution in [0.2, 0.25) is 0 Å². The van der Waals surface area contributed by atoms with Crippen molar-refractivity contribution in [1.29, 1.82) is 5.26 Å². The summed E-state index contributed by atoms with van der Waals surface area (Å²) in [5.74, 6) is -1.09. The Morgan fingerprint density at radius 3 is 2.67 bits per heavy atom. The normalized spacial score (nSPS) is 25.0. The van der Waals surface area contributed by atoms with Crippen LogP contribution >= 0.6 is 0 Å². The number of halogens is 4. The van der Waals surface area contributed by atoms with E-state index in [1.54, 1.807) is 0 Å². The van der Waals surface area contributed by atoms with Gasteiger partial charge in [0.05, 0.1) is 12.1 Å². The van der Waals surface area contributed by atoms with Gasteiger partial charge < -0.3 is 10.6 Å². The highest BCUT2D eigenvalue weighted by Crippen LogP contribution is 2.38. The van der Waals surface area contributed by atoms with E-state index in [9.17, 15) is 27.6 Å². The number of carbonyl (C=O) groups is 1. The van der Waals surface area contributed by atoms with E-state index in [0.717, 1.165) is 31.5 Å². The number of benzene rings is 1. The third kappa shape index (κ3) is 3.43. The number of aromatic nitrogens is 2. The molecule has 1 aliphatic carbocycles. The average molecular weight is 421 g/mol. The van der Waals surface area contributed by atoms with Gasteiger partial charge in [-0.2, -0.15) is 23.5 Å². The van der Waals surface area contributed by atoms with Crippen LogP contribution in [0.3, 0.4) is 0 Å². The zero-order valence-electron chi connectivity index (χ0n) is 16.0. The van der Waals surface area contributed by atoms with E-state index in [1.807, 2.05) is 6.07 Å². The van der Waals surface area contributed by atoms with Crippen LogP contribution in [-0.4, -0.2) is 28.2 Å². The SMILES string of the molecule is CC(C#N)(NC(=O)[C@H]1NC2CCC1C2)c1ccc(-c2c[nH]nc2C(F)(F)F)cc1F. The van der Waals surface area contributed by atoms with Crippen LogP contribution < -0.4 is 10.6 Å². The van der Waals surface area contributed by atoms with Gasteiger partial charge in [-0.25, -0.2) is 4.39 Å². The van der Waals surface area contributed by atoms with Gasteiger partial charge in [0.1, 0.15) is 5.82 Å². The topological polar surface area (TPSA) is 93.6 Å². The summed E-state index contributed by atoms with van der Waals surface area (Å²) < 4.78 is 54.1. The van der Waals surface area contributed by atoms with Crippen molar-refractivity contribution in [3.63, 3.8) is 0 Å². The lowest BCUT2D eigenvalue weighted by atomic mass is 9.89. The molecule has 6 nitrogen and oxygen atoms in total. The molecule has 2 bridgehead atoms. The van der Waals surface area contributed by atoms with Gasteiger partial charge in [0.25, 0.3) is 0 Å². The zero-order valence-corrected chi connectivity index (χ0v) is 16.0. The number of aromatic amines is 1. The highest BCUT2D eigenvalue weighted by atomic mass is 19.4. The molecule has 2 aromatic rings. The number of nitrogens with one attached hydrogen (secondary N) is 3. The van der Waals surface area contributed by atoms with Crippen molar-refractivity contribution in [1.82, 2.24) is 20.8 Å². The summed E-state index contributed by atoms with van der Waals surface area (Å²) in [6, 6.07) is 5.18. The second kappa shape index (κ2) is 7.09. The maximum absolute atomic E-state index is 14.9. The number of nitriles is 1. The first kappa shape index (κ1) is 20.3. The predicted molar refractivity (Wildman–Crippen MR) is 98.1 cm³/mol. The molecule has 2 aliphatic rings. The minimum absolute atomic E-state index is 0.0429. The lowest BCUT2D eigenvalue weighted by Crippen LogP contribution is -2.53. The number of amides is 1. The van der Waals surface area contributed by atoms with Crippen LogP contribution in [0.5, 0.6) is 0 Å². The summed E-state index contributed by atoms with van der Waals surface area (Å²) in [5.41, 5.74) is -3.30. The summed E-state index contributed by atoms with van der Waals surface area (Å²) in [5, 5.41) is 20.8. The van der Waals surface area contributed by atoms with Gasteiger partial charge in [0, 0.05) is 23.4 Å². The molecular formula is C20H19F4N5O. The molecule has 30 heavy (non-hydrogen) atoms. The number of hydrogen-bond acceptors (Lipinski definition) is 4. The third-order valence-electron chi connectivity index (χ3n) is 5.97. The summed E-state index contributed by atoms with van der Waals surface area (Å²) in [6.45, 7) is 1.37. The number of rotatable bonds is 4.